The maximum absolute atomic E-state index is 14.5. The first kappa shape index (κ1) is 32.4. The highest BCUT2D eigenvalue weighted by Gasteiger charge is 2.32. The monoisotopic (exact) mass is 613 g/mol. The second-order valence-corrected chi connectivity index (χ2v) is 9.21. The SMILES string of the molecule is CC=O.N=C(N)c1c(O)c(F)c(CNC(=O)Cn2c(-c3cc(N)cc(C(F)(F)F)c3)cnc(NC3CC3)c2=O)c(F)c1F. The van der Waals surface area contributed by atoms with Crippen molar-refractivity contribution in [2.75, 3.05) is 11.1 Å². The molecule has 1 aliphatic carbocycles. The predicted molar refractivity (Wildman–Crippen MR) is 143 cm³/mol. The Labute approximate surface area is 239 Å². The van der Waals surface area contributed by atoms with Crippen LogP contribution in [-0.4, -0.2) is 38.7 Å². The minimum absolute atomic E-state index is 0.0518. The van der Waals surface area contributed by atoms with Crippen molar-refractivity contribution in [3.8, 4) is 17.0 Å². The molecule has 0 bridgehead atoms. The zero-order valence-electron chi connectivity index (χ0n) is 22.3. The summed E-state index contributed by atoms with van der Waals surface area (Å²) in [5.41, 5.74) is 5.70. The van der Waals surface area contributed by atoms with Gasteiger partial charge in [-0.2, -0.15) is 13.2 Å². The summed E-state index contributed by atoms with van der Waals surface area (Å²) in [6, 6.07) is 2.48. The highest BCUT2D eigenvalue weighted by atomic mass is 19.4. The number of amides is 1. The van der Waals surface area contributed by atoms with Crippen molar-refractivity contribution in [1.82, 2.24) is 14.9 Å². The Morgan fingerprint density at radius 2 is 1.81 bits per heavy atom. The van der Waals surface area contributed by atoms with Gasteiger partial charge in [0.15, 0.2) is 29.0 Å². The molecule has 0 aliphatic heterocycles. The third-order valence-corrected chi connectivity index (χ3v) is 5.97. The number of nitrogens with one attached hydrogen (secondary N) is 3. The molecule has 8 N–H and O–H groups in total. The summed E-state index contributed by atoms with van der Waals surface area (Å²) in [6.45, 7) is -0.409. The van der Waals surface area contributed by atoms with E-state index < -0.39 is 76.5 Å². The number of nitrogens with zero attached hydrogens (tertiary/aromatic N) is 2. The number of hydrogen-bond donors (Lipinski definition) is 6. The number of aromatic hydroxyl groups is 1. The Kier molecular flexibility index (Phi) is 9.67. The van der Waals surface area contributed by atoms with Gasteiger partial charge in [0.05, 0.1) is 23.0 Å². The molecule has 0 spiro atoms. The fourth-order valence-corrected chi connectivity index (χ4v) is 3.84. The molecular weight excluding hydrogens is 588 g/mol. The maximum Gasteiger partial charge on any atom is 0.416 e. The zero-order valence-corrected chi connectivity index (χ0v) is 22.3. The number of nitrogen functional groups attached to an aromatic ring is 2. The van der Waals surface area contributed by atoms with Gasteiger partial charge in [0.1, 0.15) is 18.7 Å². The Morgan fingerprint density at radius 1 is 1.19 bits per heavy atom. The van der Waals surface area contributed by atoms with E-state index in [2.05, 4.69) is 15.6 Å². The number of aromatic nitrogens is 2. The van der Waals surface area contributed by atoms with Crippen molar-refractivity contribution in [2.24, 2.45) is 5.73 Å². The fourth-order valence-electron chi connectivity index (χ4n) is 3.84. The van der Waals surface area contributed by atoms with Crippen LogP contribution in [-0.2, 0) is 28.9 Å². The van der Waals surface area contributed by atoms with Gasteiger partial charge in [-0.1, -0.05) is 0 Å². The Balaban J connectivity index is 0.00000162. The lowest BCUT2D eigenvalue weighted by Crippen LogP contribution is -2.35. The van der Waals surface area contributed by atoms with Crippen LogP contribution in [0.3, 0.4) is 0 Å². The molecule has 3 aromatic rings. The van der Waals surface area contributed by atoms with Gasteiger partial charge >= 0.3 is 6.18 Å². The number of phenolic OH excluding ortho intramolecular Hbond substituents is 1. The van der Waals surface area contributed by atoms with E-state index in [-0.39, 0.29) is 28.8 Å². The zero-order chi connectivity index (χ0) is 32.2. The van der Waals surface area contributed by atoms with Crippen molar-refractivity contribution in [3.63, 3.8) is 0 Å². The molecule has 0 radical (unpaired) electrons. The first-order valence-corrected chi connectivity index (χ1v) is 12.3. The molecular formula is C26H25F6N7O4. The number of halogens is 6. The van der Waals surface area contributed by atoms with Gasteiger partial charge in [0.25, 0.3) is 5.56 Å². The van der Waals surface area contributed by atoms with E-state index in [9.17, 15) is 41.0 Å². The minimum Gasteiger partial charge on any atom is -0.504 e. The van der Waals surface area contributed by atoms with Crippen LogP contribution in [0.2, 0.25) is 0 Å². The number of carbonyl (C=O) groups excluding carboxylic acids is 2. The van der Waals surface area contributed by atoms with Crippen LogP contribution >= 0.6 is 0 Å². The number of aldehydes is 1. The van der Waals surface area contributed by atoms with Crippen molar-refractivity contribution in [1.29, 1.82) is 5.41 Å². The molecule has 11 nitrogen and oxygen atoms in total. The second-order valence-electron chi connectivity index (χ2n) is 9.21. The van der Waals surface area contributed by atoms with E-state index in [0.29, 0.717) is 12.1 Å². The first-order chi connectivity index (χ1) is 20.1. The van der Waals surface area contributed by atoms with Gasteiger partial charge in [-0.3, -0.25) is 19.6 Å². The number of anilines is 2. The number of carbonyl (C=O) groups is 2. The number of rotatable bonds is 8. The topological polar surface area (TPSA) is 189 Å². The normalized spacial score (nSPS) is 12.6. The summed E-state index contributed by atoms with van der Waals surface area (Å²) in [7, 11) is 0. The first-order valence-electron chi connectivity index (χ1n) is 12.3. The molecule has 0 unspecified atom stereocenters. The minimum atomic E-state index is -4.78. The van der Waals surface area contributed by atoms with Crippen molar-refractivity contribution >= 4 is 29.5 Å². The largest absolute Gasteiger partial charge is 0.504 e. The molecule has 2 aromatic carbocycles. The molecule has 1 aliphatic rings. The number of hydrogen-bond acceptors (Lipinski definition) is 8. The van der Waals surface area contributed by atoms with Crippen LogP contribution in [0.1, 0.15) is 36.5 Å². The average Bonchev–Trinajstić information content (AvgIpc) is 3.73. The van der Waals surface area contributed by atoms with Crippen molar-refractivity contribution in [2.45, 2.75) is 45.1 Å². The Morgan fingerprint density at radius 3 is 2.37 bits per heavy atom. The van der Waals surface area contributed by atoms with Gasteiger partial charge in [0, 0.05) is 29.4 Å². The third kappa shape index (κ3) is 7.41. The second kappa shape index (κ2) is 12.8. The summed E-state index contributed by atoms with van der Waals surface area (Å²) in [4.78, 5) is 38.7. The number of phenols is 1. The smallest absolute Gasteiger partial charge is 0.416 e. The van der Waals surface area contributed by atoms with Crippen molar-refractivity contribution < 1.29 is 41.0 Å². The van der Waals surface area contributed by atoms with Crippen LogP contribution < -0.4 is 27.7 Å². The molecule has 4 rings (SSSR count). The van der Waals surface area contributed by atoms with Gasteiger partial charge in [-0.25, -0.2) is 18.2 Å². The molecule has 1 aromatic heterocycles. The van der Waals surface area contributed by atoms with Crippen LogP contribution in [0.5, 0.6) is 5.75 Å². The van der Waals surface area contributed by atoms with Gasteiger partial charge in [0.2, 0.25) is 5.91 Å². The number of amidine groups is 1. The summed E-state index contributed by atoms with van der Waals surface area (Å²) in [5.74, 6) is -9.13. The van der Waals surface area contributed by atoms with Crippen LogP contribution in [0.25, 0.3) is 11.3 Å². The highest BCUT2D eigenvalue weighted by Crippen LogP contribution is 2.34. The van der Waals surface area contributed by atoms with Crippen LogP contribution in [0.4, 0.5) is 37.8 Å². The predicted octanol–water partition coefficient (Wildman–Crippen LogP) is 3.01. The number of alkyl halides is 3. The van der Waals surface area contributed by atoms with Gasteiger partial charge in [-0.05, 0) is 38.0 Å². The highest BCUT2D eigenvalue weighted by molar-refractivity contribution is 5.98. The number of benzene rings is 2. The third-order valence-electron chi connectivity index (χ3n) is 5.97. The average molecular weight is 614 g/mol. The van der Waals surface area contributed by atoms with Gasteiger partial charge in [-0.15, -0.1) is 0 Å². The van der Waals surface area contributed by atoms with Crippen molar-refractivity contribution in [3.05, 3.63) is 68.9 Å². The molecule has 1 amide bonds. The summed E-state index contributed by atoms with van der Waals surface area (Å²) in [6.07, 6.45) is -1.46. The fraction of sp³-hybridized carbons (Fsp3) is 0.269. The summed E-state index contributed by atoms with van der Waals surface area (Å²) < 4.78 is 84.1. The summed E-state index contributed by atoms with van der Waals surface area (Å²) >= 11 is 0. The lowest BCUT2D eigenvalue weighted by Gasteiger charge is -2.17. The lowest BCUT2D eigenvalue weighted by atomic mass is 10.1. The van der Waals surface area contributed by atoms with Gasteiger partial charge < -0.3 is 32.0 Å². The van der Waals surface area contributed by atoms with E-state index in [1.165, 1.54) is 6.92 Å². The maximum atomic E-state index is 14.5. The molecule has 1 saturated carbocycles. The molecule has 1 fully saturated rings. The Hall–Kier alpha value is -5.09. The molecule has 1 heterocycles. The molecule has 230 valence electrons. The summed E-state index contributed by atoms with van der Waals surface area (Å²) in [5, 5.41) is 21.9. The van der Waals surface area contributed by atoms with E-state index in [1.807, 2.05) is 0 Å². The van der Waals surface area contributed by atoms with Crippen LogP contribution in [0.15, 0.2) is 29.2 Å². The van der Waals surface area contributed by atoms with E-state index in [0.717, 1.165) is 36.0 Å². The van der Waals surface area contributed by atoms with E-state index >= 15 is 0 Å². The lowest BCUT2D eigenvalue weighted by molar-refractivity contribution is -0.137. The molecule has 0 atom stereocenters. The standard InChI is InChI=1S/C24H21F6N7O3.C2H4O/c25-17-13(18(26)20(39)16(19(17)27)21(32)33)6-34-15(38)8-37-14(7-35-22(23(37)40)36-12-1-2-12)9-3-10(24(28,29)30)5-11(31)4-9;1-2-3/h3-5,7,12,39H,1-2,6,8,31H2,(H3,32,33)(H,34,38)(H,35,36);2H,1H3. The quantitative estimate of drug-likeness (QED) is 0.0558. The van der Waals surface area contributed by atoms with E-state index in [4.69, 9.17) is 21.7 Å². The molecule has 43 heavy (non-hydrogen) atoms. The van der Waals surface area contributed by atoms with E-state index in [1.54, 1.807) is 0 Å². The molecule has 0 saturated heterocycles. The molecule has 17 heteroatoms. The number of nitrogens with two attached hydrogens (primary N) is 2. The van der Waals surface area contributed by atoms with Crippen LogP contribution in [0, 0.1) is 22.9 Å². The Bertz CT molecular complexity index is 1610.